The van der Waals surface area contributed by atoms with Crippen molar-refractivity contribution in [3.05, 3.63) is 69.3 Å². The first kappa shape index (κ1) is 21.2. The largest absolute Gasteiger partial charge is 0.497 e. The van der Waals surface area contributed by atoms with Crippen LogP contribution in [0.5, 0.6) is 11.5 Å². The predicted molar refractivity (Wildman–Crippen MR) is 116 cm³/mol. The number of fused-ring (bicyclic) bond motifs is 1. The number of aryl methyl sites for hydroxylation is 1. The van der Waals surface area contributed by atoms with Gasteiger partial charge in [-0.1, -0.05) is 0 Å². The number of hydrogen-bond donors (Lipinski definition) is 3. The molecular formula is C21H23N5O6. The summed E-state index contributed by atoms with van der Waals surface area (Å²) in [6, 6.07) is 10.5. The molecular weight excluding hydrogens is 418 g/mol. The fourth-order valence-electron chi connectivity index (χ4n) is 3.25. The Morgan fingerprint density at radius 1 is 1.22 bits per heavy atom. The van der Waals surface area contributed by atoms with E-state index in [1.54, 1.807) is 49.8 Å². The lowest BCUT2D eigenvalue weighted by atomic mass is 10.3. The third-order valence-corrected chi connectivity index (χ3v) is 4.90. The molecule has 11 nitrogen and oxygen atoms in total. The summed E-state index contributed by atoms with van der Waals surface area (Å²) in [5.41, 5.74) is -0.806. The molecule has 0 saturated carbocycles. The third-order valence-electron chi connectivity index (χ3n) is 4.90. The monoisotopic (exact) mass is 441 g/mol. The number of aliphatic hydroxyl groups excluding tert-OH is 1. The number of nitrogens with one attached hydrogen (secondary N) is 2. The number of rotatable bonds is 9. The lowest BCUT2D eigenvalue weighted by Crippen LogP contribution is -2.30. The molecule has 0 fully saturated rings. The number of methoxy groups -OCH3 is 1. The van der Waals surface area contributed by atoms with Gasteiger partial charge in [0.2, 0.25) is 5.95 Å². The van der Waals surface area contributed by atoms with Crippen molar-refractivity contribution in [1.82, 2.24) is 19.1 Å². The molecule has 11 heteroatoms. The summed E-state index contributed by atoms with van der Waals surface area (Å²) in [5, 5.41) is 13.7. The van der Waals surface area contributed by atoms with Crippen molar-refractivity contribution in [2.24, 2.45) is 7.05 Å². The Kier molecular flexibility index (Phi) is 5.99. The molecule has 0 aliphatic rings. The van der Waals surface area contributed by atoms with Crippen LogP contribution in [0.3, 0.4) is 0 Å². The number of aromatic amines is 1. The van der Waals surface area contributed by atoms with Gasteiger partial charge in [-0.25, -0.2) is 4.79 Å². The van der Waals surface area contributed by atoms with Crippen LogP contribution in [0.1, 0.15) is 5.76 Å². The molecule has 3 N–H and O–H groups in total. The van der Waals surface area contributed by atoms with E-state index in [2.05, 4.69) is 15.3 Å². The third kappa shape index (κ3) is 4.37. The van der Waals surface area contributed by atoms with Crippen LogP contribution in [0.4, 0.5) is 5.95 Å². The molecule has 1 unspecified atom stereocenters. The fraction of sp³-hybridized carbons (Fsp3) is 0.286. The van der Waals surface area contributed by atoms with E-state index in [0.29, 0.717) is 29.8 Å². The van der Waals surface area contributed by atoms with Crippen LogP contribution in [0.15, 0.2) is 56.7 Å². The van der Waals surface area contributed by atoms with Gasteiger partial charge >= 0.3 is 5.69 Å². The number of nitrogens with zero attached hydrogens (tertiary/aromatic N) is 3. The first-order valence-corrected chi connectivity index (χ1v) is 9.87. The zero-order chi connectivity index (χ0) is 22.7. The number of aromatic nitrogens is 4. The van der Waals surface area contributed by atoms with Gasteiger partial charge in [-0.3, -0.25) is 14.3 Å². The van der Waals surface area contributed by atoms with E-state index in [9.17, 15) is 14.7 Å². The SMILES string of the molecule is COc1ccc(OCC(O)Cn2c(NCc3ccco3)nc3c2c(=O)[nH]c(=O)n3C)cc1. The van der Waals surface area contributed by atoms with Gasteiger partial charge < -0.3 is 28.9 Å². The van der Waals surface area contributed by atoms with E-state index < -0.39 is 17.4 Å². The van der Waals surface area contributed by atoms with Crippen molar-refractivity contribution in [3.63, 3.8) is 0 Å². The highest BCUT2D eigenvalue weighted by molar-refractivity contribution is 5.74. The number of ether oxygens (including phenoxy) is 2. The van der Waals surface area contributed by atoms with Crippen LogP contribution < -0.4 is 26.0 Å². The van der Waals surface area contributed by atoms with Crippen LogP contribution in [0.25, 0.3) is 11.2 Å². The minimum Gasteiger partial charge on any atom is -0.497 e. The predicted octanol–water partition coefficient (Wildman–Crippen LogP) is 1.08. The van der Waals surface area contributed by atoms with Crippen LogP contribution in [-0.4, -0.2) is 44.0 Å². The normalized spacial score (nSPS) is 12.1. The number of imidazole rings is 1. The molecule has 0 bridgehead atoms. The van der Waals surface area contributed by atoms with Gasteiger partial charge in [-0.05, 0) is 36.4 Å². The summed E-state index contributed by atoms with van der Waals surface area (Å²) in [5.74, 6) is 2.23. The zero-order valence-electron chi connectivity index (χ0n) is 17.6. The molecule has 4 aromatic rings. The average Bonchev–Trinajstić information content (AvgIpc) is 3.43. The highest BCUT2D eigenvalue weighted by Gasteiger charge is 2.20. The Morgan fingerprint density at radius 3 is 2.66 bits per heavy atom. The summed E-state index contributed by atoms with van der Waals surface area (Å²) in [7, 11) is 3.08. The van der Waals surface area contributed by atoms with Gasteiger partial charge in [0.15, 0.2) is 11.2 Å². The standard InChI is InChI=1S/C21H23N5O6/c1-25-18-17(19(28)24-21(25)29)26(20(23-18)22-10-16-4-3-9-31-16)11-13(27)12-32-15-7-5-14(30-2)6-8-15/h3-9,13,27H,10-12H2,1-2H3,(H,22,23)(H,24,28,29). The van der Waals surface area contributed by atoms with Crippen molar-refractivity contribution in [2.45, 2.75) is 19.2 Å². The smallest absolute Gasteiger partial charge is 0.329 e. The van der Waals surface area contributed by atoms with Crippen LogP contribution >= 0.6 is 0 Å². The van der Waals surface area contributed by atoms with Crippen molar-refractivity contribution in [2.75, 3.05) is 19.0 Å². The van der Waals surface area contributed by atoms with Gasteiger partial charge in [0, 0.05) is 7.05 Å². The quantitative estimate of drug-likeness (QED) is 0.351. The molecule has 0 aliphatic heterocycles. The molecule has 3 heterocycles. The van der Waals surface area contributed by atoms with Crippen molar-refractivity contribution >= 4 is 17.1 Å². The number of hydrogen-bond acceptors (Lipinski definition) is 8. The van der Waals surface area contributed by atoms with E-state index in [0.717, 1.165) is 0 Å². The summed E-state index contributed by atoms with van der Waals surface area (Å²) in [6.07, 6.45) is 0.588. The van der Waals surface area contributed by atoms with Crippen molar-refractivity contribution < 1.29 is 19.0 Å². The molecule has 168 valence electrons. The molecule has 32 heavy (non-hydrogen) atoms. The van der Waals surface area contributed by atoms with Crippen molar-refractivity contribution in [3.8, 4) is 11.5 Å². The summed E-state index contributed by atoms with van der Waals surface area (Å²) in [6.45, 7) is 0.294. The molecule has 1 aromatic carbocycles. The van der Waals surface area contributed by atoms with Crippen LogP contribution in [-0.2, 0) is 20.1 Å². The number of H-pyrrole nitrogens is 1. The van der Waals surface area contributed by atoms with E-state index in [-0.39, 0.29) is 24.3 Å². The lowest BCUT2D eigenvalue weighted by molar-refractivity contribution is 0.0938. The maximum atomic E-state index is 12.5. The Hall–Kier alpha value is -3.99. The number of furan rings is 1. The minimum atomic E-state index is -0.963. The second-order valence-electron chi connectivity index (χ2n) is 7.11. The highest BCUT2D eigenvalue weighted by Crippen LogP contribution is 2.19. The fourth-order valence-corrected chi connectivity index (χ4v) is 3.25. The lowest BCUT2D eigenvalue weighted by Gasteiger charge is -2.16. The molecule has 0 aliphatic carbocycles. The molecule has 0 spiro atoms. The molecule has 3 aromatic heterocycles. The van der Waals surface area contributed by atoms with E-state index in [1.165, 1.54) is 16.2 Å². The van der Waals surface area contributed by atoms with Gasteiger partial charge in [-0.2, -0.15) is 4.98 Å². The second kappa shape index (κ2) is 9.02. The minimum absolute atomic E-state index is 0.00836. The number of anilines is 1. The molecule has 0 radical (unpaired) electrons. The Bertz CT molecular complexity index is 1300. The molecule has 0 amide bonds. The maximum Gasteiger partial charge on any atom is 0.329 e. The first-order chi connectivity index (χ1) is 15.5. The van der Waals surface area contributed by atoms with Crippen LogP contribution in [0, 0.1) is 0 Å². The Morgan fingerprint density at radius 2 is 1.97 bits per heavy atom. The average molecular weight is 441 g/mol. The van der Waals surface area contributed by atoms with E-state index in [4.69, 9.17) is 13.9 Å². The Labute approximate surface area is 181 Å². The topological polar surface area (TPSA) is 137 Å². The van der Waals surface area contributed by atoms with E-state index in [1.807, 2.05) is 0 Å². The second-order valence-corrected chi connectivity index (χ2v) is 7.11. The summed E-state index contributed by atoms with van der Waals surface area (Å²) in [4.78, 5) is 31.2. The Balaban J connectivity index is 1.58. The van der Waals surface area contributed by atoms with Gasteiger partial charge in [0.05, 0.1) is 26.5 Å². The summed E-state index contributed by atoms with van der Waals surface area (Å²) >= 11 is 0. The van der Waals surface area contributed by atoms with Gasteiger partial charge in [0.25, 0.3) is 5.56 Å². The number of aliphatic hydroxyl groups is 1. The van der Waals surface area contributed by atoms with Crippen molar-refractivity contribution in [1.29, 1.82) is 0 Å². The van der Waals surface area contributed by atoms with Gasteiger partial charge in [0.1, 0.15) is 30.0 Å². The zero-order valence-corrected chi connectivity index (χ0v) is 17.6. The van der Waals surface area contributed by atoms with Gasteiger partial charge in [-0.15, -0.1) is 0 Å². The summed E-state index contributed by atoms with van der Waals surface area (Å²) < 4.78 is 18.8. The molecule has 1 atom stereocenters. The van der Waals surface area contributed by atoms with E-state index >= 15 is 0 Å². The molecule has 4 rings (SSSR count). The maximum absolute atomic E-state index is 12.5. The highest BCUT2D eigenvalue weighted by atomic mass is 16.5. The molecule has 0 saturated heterocycles. The first-order valence-electron chi connectivity index (χ1n) is 9.87. The van der Waals surface area contributed by atoms with Crippen LogP contribution in [0.2, 0.25) is 0 Å². The number of benzene rings is 1.